The second kappa shape index (κ2) is 10.2. The number of carbonyl (C=O) groups excluding carboxylic acids is 1. The fourth-order valence-corrected chi connectivity index (χ4v) is 3.29. The maximum absolute atomic E-state index is 12.5. The van der Waals surface area contributed by atoms with E-state index in [1.807, 2.05) is 41.3 Å². The second-order valence-electron chi connectivity index (χ2n) is 7.56. The van der Waals surface area contributed by atoms with Gasteiger partial charge in [0.05, 0.1) is 7.11 Å². The minimum Gasteiger partial charge on any atom is -0.497 e. The number of hydrogen-bond acceptors (Lipinski definition) is 4. The minimum absolute atomic E-state index is 0.0311. The lowest BCUT2D eigenvalue weighted by Crippen LogP contribution is -2.50. The Morgan fingerprint density at radius 2 is 1.59 bits per heavy atom. The molecule has 0 saturated carbocycles. The molecule has 1 heterocycles. The number of anilines is 1. The molecule has 0 aliphatic carbocycles. The van der Waals surface area contributed by atoms with E-state index < -0.39 is 0 Å². The first-order valence-electron chi connectivity index (χ1n) is 10.2. The summed E-state index contributed by atoms with van der Waals surface area (Å²) in [5, 5.41) is 3.00. The molecule has 6 nitrogen and oxygen atoms in total. The van der Waals surface area contributed by atoms with Crippen molar-refractivity contribution in [1.82, 2.24) is 9.80 Å². The molecule has 0 aromatic heterocycles. The molecular weight excluding hydrogens is 366 g/mol. The number of benzene rings is 2. The van der Waals surface area contributed by atoms with Gasteiger partial charge in [0.15, 0.2) is 0 Å². The lowest BCUT2D eigenvalue weighted by atomic mass is 10.0. The van der Waals surface area contributed by atoms with Gasteiger partial charge in [0.1, 0.15) is 18.1 Å². The number of piperazine rings is 1. The van der Waals surface area contributed by atoms with Gasteiger partial charge in [0.25, 0.3) is 0 Å². The molecule has 0 radical (unpaired) electrons. The molecule has 2 aromatic carbocycles. The molecule has 3 rings (SSSR count). The number of ether oxygens (including phenoxy) is 2. The summed E-state index contributed by atoms with van der Waals surface area (Å²) in [5.41, 5.74) is 2.11. The summed E-state index contributed by atoms with van der Waals surface area (Å²) in [7, 11) is 1.65. The normalized spacial score (nSPS) is 14.7. The number of hydrogen-bond donors (Lipinski definition) is 1. The molecule has 0 atom stereocenters. The van der Waals surface area contributed by atoms with Gasteiger partial charge in [0.2, 0.25) is 0 Å². The van der Waals surface area contributed by atoms with Crippen LogP contribution in [-0.2, 0) is 0 Å². The zero-order valence-corrected chi connectivity index (χ0v) is 17.6. The topological polar surface area (TPSA) is 54.0 Å². The second-order valence-corrected chi connectivity index (χ2v) is 7.56. The number of rotatable bonds is 7. The van der Waals surface area contributed by atoms with Gasteiger partial charge in [-0.15, -0.1) is 0 Å². The van der Waals surface area contributed by atoms with Crippen molar-refractivity contribution in [2.45, 2.75) is 19.8 Å². The Labute approximate surface area is 173 Å². The molecular formula is C23H31N3O3. The molecule has 0 spiro atoms. The molecule has 1 aliphatic heterocycles. The molecule has 6 heteroatoms. The molecule has 2 amide bonds. The van der Waals surface area contributed by atoms with Crippen LogP contribution in [0.2, 0.25) is 0 Å². The smallest absolute Gasteiger partial charge is 0.321 e. The first-order valence-corrected chi connectivity index (χ1v) is 10.2. The van der Waals surface area contributed by atoms with Crippen LogP contribution in [-0.4, -0.2) is 62.3 Å². The molecule has 2 aromatic rings. The van der Waals surface area contributed by atoms with Gasteiger partial charge < -0.3 is 19.7 Å². The van der Waals surface area contributed by atoms with Gasteiger partial charge in [-0.05, 0) is 47.9 Å². The maximum Gasteiger partial charge on any atom is 0.321 e. The van der Waals surface area contributed by atoms with Crippen molar-refractivity contribution in [1.29, 1.82) is 0 Å². The molecule has 29 heavy (non-hydrogen) atoms. The monoisotopic (exact) mass is 397 g/mol. The number of carbonyl (C=O) groups is 1. The quantitative estimate of drug-likeness (QED) is 0.766. The fraction of sp³-hybridized carbons (Fsp3) is 0.435. The van der Waals surface area contributed by atoms with Crippen molar-refractivity contribution in [3.8, 4) is 11.5 Å². The highest BCUT2D eigenvalue weighted by atomic mass is 16.5. The predicted octanol–water partition coefficient (Wildman–Crippen LogP) is 4.05. The van der Waals surface area contributed by atoms with Gasteiger partial charge >= 0.3 is 6.03 Å². The van der Waals surface area contributed by atoms with Crippen LogP contribution in [0.5, 0.6) is 11.5 Å². The van der Waals surface area contributed by atoms with E-state index >= 15 is 0 Å². The Hall–Kier alpha value is -2.73. The third-order valence-corrected chi connectivity index (χ3v) is 5.22. The summed E-state index contributed by atoms with van der Waals surface area (Å²) in [6.45, 7) is 8.94. The molecule has 156 valence electrons. The molecule has 1 N–H and O–H groups in total. The van der Waals surface area contributed by atoms with Gasteiger partial charge in [-0.1, -0.05) is 26.0 Å². The van der Waals surface area contributed by atoms with E-state index in [-0.39, 0.29) is 6.03 Å². The van der Waals surface area contributed by atoms with Crippen molar-refractivity contribution in [2.75, 3.05) is 51.8 Å². The zero-order valence-electron chi connectivity index (χ0n) is 17.6. The van der Waals surface area contributed by atoms with E-state index in [1.54, 1.807) is 7.11 Å². The SMILES string of the molecule is COc1ccc(OCCN2CCN(C(=O)Nc3ccc(C(C)C)cc3)CC2)cc1. The Morgan fingerprint density at radius 1 is 0.966 bits per heavy atom. The number of amides is 2. The van der Waals surface area contributed by atoms with Crippen LogP contribution in [0.3, 0.4) is 0 Å². The van der Waals surface area contributed by atoms with E-state index in [1.165, 1.54) is 5.56 Å². The summed E-state index contributed by atoms with van der Waals surface area (Å²) >= 11 is 0. The summed E-state index contributed by atoms with van der Waals surface area (Å²) < 4.78 is 10.9. The van der Waals surface area contributed by atoms with Crippen LogP contribution in [0.15, 0.2) is 48.5 Å². The molecule has 1 saturated heterocycles. The third-order valence-electron chi connectivity index (χ3n) is 5.22. The van der Waals surface area contributed by atoms with E-state index in [0.29, 0.717) is 12.5 Å². The first kappa shape index (κ1) is 21.0. The van der Waals surface area contributed by atoms with Crippen LogP contribution in [0.1, 0.15) is 25.3 Å². The Morgan fingerprint density at radius 3 is 2.17 bits per heavy atom. The van der Waals surface area contributed by atoms with Crippen molar-refractivity contribution in [2.24, 2.45) is 0 Å². The average Bonchev–Trinajstić information content (AvgIpc) is 2.75. The van der Waals surface area contributed by atoms with Crippen molar-refractivity contribution in [3.63, 3.8) is 0 Å². The summed E-state index contributed by atoms with van der Waals surface area (Å²) in [6, 6.07) is 15.7. The van der Waals surface area contributed by atoms with E-state index in [4.69, 9.17) is 9.47 Å². The maximum atomic E-state index is 12.5. The third kappa shape index (κ3) is 6.12. The van der Waals surface area contributed by atoms with Crippen molar-refractivity contribution in [3.05, 3.63) is 54.1 Å². The van der Waals surface area contributed by atoms with Crippen molar-refractivity contribution >= 4 is 11.7 Å². The minimum atomic E-state index is -0.0311. The Bertz CT molecular complexity index is 767. The molecule has 1 aliphatic rings. The molecule has 0 unspecified atom stereocenters. The highest BCUT2D eigenvalue weighted by molar-refractivity contribution is 5.89. The van der Waals surface area contributed by atoms with Crippen molar-refractivity contribution < 1.29 is 14.3 Å². The largest absolute Gasteiger partial charge is 0.497 e. The highest BCUT2D eigenvalue weighted by Crippen LogP contribution is 2.18. The lowest BCUT2D eigenvalue weighted by Gasteiger charge is -2.34. The predicted molar refractivity (Wildman–Crippen MR) is 116 cm³/mol. The number of nitrogens with one attached hydrogen (secondary N) is 1. The van der Waals surface area contributed by atoms with Crippen LogP contribution in [0, 0.1) is 0 Å². The van der Waals surface area contributed by atoms with E-state index in [9.17, 15) is 4.79 Å². The molecule has 0 bridgehead atoms. The average molecular weight is 398 g/mol. The van der Waals surface area contributed by atoms with Gasteiger partial charge in [-0.25, -0.2) is 4.79 Å². The summed E-state index contributed by atoms with van der Waals surface area (Å²) in [5.74, 6) is 2.15. The standard InChI is InChI=1S/C23H31N3O3/c1-18(2)19-4-6-20(7-5-19)24-23(27)26-14-12-25(13-15-26)16-17-29-22-10-8-21(28-3)9-11-22/h4-11,18H,12-17H2,1-3H3,(H,24,27). The number of nitrogens with zero attached hydrogens (tertiary/aromatic N) is 2. The van der Waals surface area contributed by atoms with Gasteiger partial charge in [-0.2, -0.15) is 0 Å². The number of methoxy groups -OCH3 is 1. The van der Waals surface area contributed by atoms with E-state index in [0.717, 1.165) is 49.9 Å². The van der Waals surface area contributed by atoms with E-state index in [2.05, 4.69) is 36.2 Å². The Balaban J connectivity index is 1.37. The Kier molecular flexibility index (Phi) is 7.36. The first-order chi connectivity index (χ1) is 14.0. The van der Waals surface area contributed by atoms with Crippen LogP contribution in [0.25, 0.3) is 0 Å². The van der Waals surface area contributed by atoms with Crippen LogP contribution >= 0.6 is 0 Å². The fourth-order valence-electron chi connectivity index (χ4n) is 3.29. The summed E-state index contributed by atoms with van der Waals surface area (Å²) in [6.07, 6.45) is 0. The molecule has 1 fully saturated rings. The van der Waals surface area contributed by atoms with Gasteiger partial charge in [-0.3, -0.25) is 4.90 Å². The number of urea groups is 1. The summed E-state index contributed by atoms with van der Waals surface area (Å²) in [4.78, 5) is 16.7. The zero-order chi connectivity index (χ0) is 20.6. The lowest BCUT2D eigenvalue weighted by molar-refractivity contribution is 0.132. The van der Waals surface area contributed by atoms with Crippen LogP contribution < -0.4 is 14.8 Å². The van der Waals surface area contributed by atoms with Gasteiger partial charge in [0, 0.05) is 38.4 Å². The highest BCUT2D eigenvalue weighted by Gasteiger charge is 2.21. The van der Waals surface area contributed by atoms with Crippen LogP contribution in [0.4, 0.5) is 10.5 Å².